The van der Waals surface area contributed by atoms with Crippen LogP contribution >= 0.6 is 0 Å². The van der Waals surface area contributed by atoms with Crippen molar-refractivity contribution < 1.29 is 4.79 Å². The number of aromatic nitrogens is 3. The Morgan fingerprint density at radius 3 is 2.40 bits per heavy atom. The van der Waals surface area contributed by atoms with Crippen molar-refractivity contribution in [2.45, 2.75) is 0 Å². The van der Waals surface area contributed by atoms with Crippen molar-refractivity contribution in [3.8, 4) is 16.9 Å². The van der Waals surface area contributed by atoms with E-state index in [0.717, 1.165) is 22.3 Å². The summed E-state index contributed by atoms with van der Waals surface area (Å²) in [4.78, 5) is 16.9. The molecule has 0 saturated heterocycles. The number of benzene rings is 3. The van der Waals surface area contributed by atoms with Crippen molar-refractivity contribution in [2.75, 3.05) is 5.32 Å². The maximum absolute atomic E-state index is 12.8. The highest BCUT2D eigenvalue weighted by molar-refractivity contribution is 6.03. The molecule has 144 valence electrons. The van der Waals surface area contributed by atoms with Gasteiger partial charge in [0.1, 0.15) is 0 Å². The number of nitrogens with zero attached hydrogens (tertiary/aromatic N) is 3. The van der Waals surface area contributed by atoms with Crippen LogP contribution in [0.2, 0.25) is 0 Å². The topological polar surface area (TPSA) is 59.8 Å². The molecule has 0 spiro atoms. The molecule has 0 aliphatic heterocycles. The quantitative estimate of drug-likeness (QED) is 0.451. The van der Waals surface area contributed by atoms with Crippen molar-refractivity contribution in [1.29, 1.82) is 0 Å². The van der Waals surface area contributed by atoms with E-state index in [2.05, 4.69) is 45.7 Å². The minimum absolute atomic E-state index is 0.278. The van der Waals surface area contributed by atoms with Crippen LogP contribution in [0.25, 0.3) is 27.7 Å². The number of rotatable bonds is 4. The number of hydrogen-bond acceptors (Lipinski definition) is 3. The van der Waals surface area contributed by atoms with Crippen molar-refractivity contribution in [2.24, 2.45) is 0 Å². The SMILES string of the molecule is O=C(Nc1cccnc1)c1cc(-c2ccc3ccccc3c2)n(-c2ccccc2)n1. The summed E-state index contributed by atoms with van der Waals surface area (Å²) in [6.07, 6.45) is 3.27. The Morgan fingerprint density at radius 2 is 1.60 bits per heavy atom. The third-order valence-electron chi connectivity index (χ3n) is 4.91. The zero-order chi connectivity index (χ0) is 20.3. The van der Waals surface area contributed by atoms with E-state index < -0.39 is 0 Å². The van der Waals surface area contributed by atoms with E-state index in [0.29, 0.717) is 11.4 Å². The van der Waals surface area contributed by atoms with Gasteiger partial charge in [-0.05, 0) is 47.2 Å². The second-order valence-electron chi connectivity index (χ2n) is 6.92. The third-order valence-corrected chi connectivity index (χ3v) is 4.91. The molecular weight excluding hydrogens is 372 g/mol. The van der Waals surface area contributed by atoms with Gasteiger partial charge in [0.2, 0.25) is 0 Å². The summed E-state index contributed by atoms with van der Waals surface area (Å²) in [6, 6.07) is 29.7. The van der Waals surface area contributed by atoms with Gasteiger partial charge in [0.15, 0.2) is 5.69 Å². The third kappa shape index (κ3) is 3.44. The summed E-state index contributed by atoms with van der Waals surface area (Å²) in [5.74, 6) is -0.278. The van der Waals surface area contributed by atoms with E-state index in [4.69, 9.17) is 0 Å². The van der Waals surface area contributed by atoms with Crippen LogP contribution in [0, 0.1) is 0 Å². The molecular formula is C25H18N4O. The van der Waals surface area contributed by atoms with Crippen LogP contribution in [0.4, 0.5) is 5.69 Å². The standard InChI is InChI=1S/C25H18N4O/c30-25(27-21-9-6-14-26-17-21)23-16-24(29(28-23)22-10-2-1-3-11-22)20-13-12-18-7-4-5-8-19(18)15-20/h1-17H,(H,27,30). The van der Waals surface area contributed by atoms with Crippen molar-refractivity contribution >= 4 is 22.4 Å². The van der Waals surface area contributed by atoms with Crippen molar-refractivity contribution in [1.82, 2.24) is 14.8 Å². The number of anilines is 1. The molecule has 0 saturated carbocycles. The molecule has 5 nitrogen and oxygen atoms in total. The second kappa shape index (κ2) is 7.64. The number of amides is 1. The Labute approximate surface area is 173 Å². The first kappa shape index (κ1) is 17.8. The fourth-order valence-electron chi connectivity index (χ4n) is 3.44. The van der Waals surface area contributed by atoms with Gasteiger partial charge >= 0.3 is 0 Å². The van der Waals surface area contributed by atoms with Gasteiger partial charge in [-0.25, -0.2) is 4.68 Å². The molecule has 1 amide bonds. The number of carbonyl (C=O) groups is 1. The van der Waals surface area contributed by atoms with Gasteiger partial charge in [-0.2, -0.15) is 5.10 Å². The predicted molar refractivity (Wildman–Crippen MR) is 119 cm³/mol. The number of nitrogens with one attached hydrogen (secondary N) is 1. The highest BCUT2D eigenvalue weighted by Crippen LogP contribution is 2.27. The number of carbonyl (C=O) groups excluding carboxylic acids is 1. The maximum atomic E-state index is 12.8. The molecule has 3 aromatic carbocycles. The smallest absolute Gasteiger partial charge is 0.276 e. The van der Waals surface area contributed by atoms with Gasteiger partial charge in [0.05, 0.1) is 23.3 Å². The zero-order valence-corrected chi connectivity index (χ0v) is 16.1. The lowest BCUT2D eigenvalue weighted by Gasteiger charge is -2.08. The minimum Gasteiger partial charge on any atom is -0.319 e. The van der Waals surface area contributed by atoms with Crippen LogP contribution < -0.4 is 5.32 Å². The van der Waals surface area contributed by atoms with Gasteiger partial charge in [-0.15, -0.1) is 0 Å². The summed E-state index contributed by atoms with van der Waals surface area (Å²) in [5, 5.41) is 9.78. The first-order chi connectivity index (χ1) is 14.8. The van der Waals surface area contributed by atoms with Crippen molar-refractivity contribution in [3.63, 3.8) is 0 Å². The molecule has 5 rings (SSSR count). The highest BCUT2D eigenvalue weighted by Gasteiger charge is 2.17. The first-order valence-corrected chi connectivity index (χ1v) is 9.64. The molecule has 0 radical (unpaired) electrons. The van der Waals surface area contributed by atoms with Crippen LogP contribution in [0.15, 0.2) is 103 Å². The Hall–Kier alpha value is -4.25. The van der Waals surface area contributed by atoms with Gasteiger partial charge in [0, 0.05) is 11.8 Å². The fraction of sp³-hybridized carbons (Fsp3) is 0. The summed E-state index contributed by atoms with van der Waals surface area (Å²) in [7, 11) is 0. The van der Waals surface area contributed by atoms with E-state index in [1.165, 1.54) is 5.39 Å². The first-order valence-electron chi connectivity index (χ1n) is 9.64. The summed E-state index contributed by atoms with van der Waals surface area (Å²) in [5.41, 5.74) is 3.70. The largest absolute Gasteiger partial charge is 0.319 e. The zero-order valence-electron chi connectivity index (χ0n) is 16.1. The number of para-hydroxylation sites is 1. The fourth-order valence-corrected chi connectivity index (χ4v) is 3.44. The number of pyridine rings is 1. The number of hydrogen-bond donors (Lipinski definition) is 1. The average molecular weight is 390 g/mol. The van der Waals surface area contributed by atoms with E-state index in [1.807, 2.05) is 53.2 Å². The van der Waals surface area contributed by atoms with Crippen LogP contribution in [-0.2, 0) is 0 Å². The molecule has 0 aliphatic rings. The van der Waals surface area contributed by atoms with E-state index in [1.54, 1.807) is 24.5 Å². The maximum Gasteiger partial charge on any atom is 0.276 e. The van der Waals surface area contributed by atoms with Crippen LogP contribution in [0.1, 0.15) is 10.5 Å². The Kier molecular flexibility index (Phi) is 4.54. The van der Waals surface area contributed by atoms with Gasteiger partial charge in [-0.1, -0.05) is 54.6 Å². The van der Waals surface area contributed by atoms with Crippen LogP contribution in [0.3, 0.4) is 0 Å². The molecule has 1 N–H and O–H groups in total. The molecule has 0 unspecified atom stereocenters. The van der Waals surface area contributed by atoms with Crippen LogP contribution in [0.5, 0.6) is 0 Å². The normalized spacial score (nSPS) is 10.8. The van der Waals surface area contributed by atoms with E-state index >= 15 is 0 Å². The van der Waals surface area contributed by atoms with Crippen LogP contribution in [-0.4, -0.2) is 20.7 Å². The molecule has 0 bridgehead atoms. The molecule has 30 heavy (non-hydrogen) atoms. The molecule has 0 fully saturated rings. The van der Waals surface area contributed by atoms with Gasteiger partial charge in [-0.3, -0.25) is 9.78 Å². The van der Waals surface area contributed by atoms with Gasteiger partial charge < -0.3 is 5.32 Å². The monoisotopic (exact) mass is 390 g/mol. The molecule has 0 atom stereocenters. The Bertz CT molecular complexity index is 1330. The Morgan fingerprint density at radius 1 is 0.800 bits per heavy atom. The lowest BCUT2D eigenvalue weighted by molar-refractivity contribution is 0.102. The highest BCUT2D eigenvalue weighted by atomic mass is 16.2. The van der Waals surface area contributed by atoms with E-state index in [-0.39, 0.29) is 5.91 Å². The lowest BCUT2D eigenvalue weighted by Crippen LogP contribution is -2.13. The number of fused-ring (bicyclic) bond motifs is 1. The second-order valence-corrected chi connectivity index (χ2v) is 6.92. The molecule has 0 aliphatic carbocycles. The average Bonchev–Trinajstić information content (AvgIpc) is 3.26. The molecule has 2 aromatic heterocycles. The summed E-state index contributed by atoms with van der Waals surface area (Å²) >= 11 is 0. The summed E-state index contributed by atoms with van der Waals surface area (Å²) in [6.45, 7) is 0. The predicted octanol–water partition coefficient (Wildman–Crippen LogP) is 5.34. The Balaban J connectivity index is 1.60. The van der Waals surface area contributed by atoms with E-state index in [9.17, 15) is 4.79 Å². The van der Waals surface area contributed by atoms with Crippen molar-refractivity contribution in [3.05, 3.63) is 109 Å². The van der Waals surface area contributed by atoms with Gasteiger partial charge in [0.25, 0.3) is 5.91 Å². The summed E-state index contributed by atoms with van der Waals surface area (Å²) < 4.78 is 1.81. The molecule has 2 heterocycles. The molecule has 5 heteroatoms. The lowest BCUT2D eigenvalue weighted by atomic mass is 10.0. The molecule has 5 aromatic rings. The minimum atomic E-state index is -0.278.